The molecule has 1 aromatic heterocycles. The van der Waals surface area contributed by atoms with Crippen LogP contribution in [-0.4, -0.2) is 33.8 Å². The number of nitriles is 1. The lowest BCUT2D eigenvalue weighted by Gasteiger charge is -2.27. The van der Waals surface area contributed by atoms with E-state index >= 15 is 0 Å². The van der Waals surface area contributed by atoms with Crippen LogP contribution in [0.1, 0.15) is 61.3 Å². The Bertz CT molecular complexity index is 1080. The van der Waals surface area contributed by atoms with Gasteiger partial charge in [0.2, 0.25) is 5.95 Å². The van der Waals surface area contributed by atoms with E-state index in [1.807, 2.05) is 12.1 Å². The lowest BCUT2D eigenvalue weighted by molar-refractivity contribution is 0.126. The van der Waals surface area contributed by atoms with Gasteiger partial charge in [-0.2, -0.15) is 10.2 Å². The van der Waals surface area contributed by atoms with E-state index < -0.39 is 0 Å². The third-order valence-corrected chi connectivity index (χ3v) is 6.17. The molecule has 0 saturated heterocycles. The summed E-state index contributed by atoms with van der Waals surface area (Å²) < 4.78 is 0. The lowest BCUT2D eigenvalue weighted by Crippen LogP contribution is -2.29. The highest BCUT2D eigenvalue weighted by molar-refractivity contribution is 5.77. The van der Waals surface area contributed by atoms with Crippen molar-refractivity contribution in [2.75, 3.05) is 17.2 Å². The van der Waals surface area contributed by atoms with Gasteiger partial charge in [-0.3, -0.25) is 0 Å². The first-order valence-corrected chi connectivity index (χ1v) is 10.8. The SMILES string of the molecule is C#Cc1cnc(NCCC2=C(C)Cc3ccc(C#N)cc32)nc1NC1CCC(O)CC1. The van der Waals surface area contributed by atoms with Crippen molar-refractivity contribution < 1.29 is 5.11 Å². The van der Waals surface area contributed by atoms with Gasteiger partial charge in [0.15, 0.2) is 0 Å². The molecule has 1 saturated carbocycles. The van der Waals surface area contributed by atoms with Gasteiger partial charge in [-0.05, 0) is 74.3 Å². The van der Waals surface area contributed by atoms with Crippen molar-refractivity contribution in [3.05, 3.63) is 52.2 Å². The zero-order chi connectivity index (χ0) is 21.8. The number of hydrogen-bond donors (Lipinski definition) is 3. The van der Waals surface area contributed by atoms with Crippen molar-refractivity contribution in [2.24, 2.45) is 0 Å². The molecular formula is C25H27N5O. The van der Waals surface area contributed by atoms with Crippen LogP contribution >= 0.6 is 0 Å². The average Bonchev–Trinajstić information content (AvgIpc) is 3.10. The summed E-state index contributed by atoms with van der Waals surface area (Å²) in [5.74, 6) is 3.86. The first-order valence-electron chi connectivity index (χ1n) is 10.8. The Balaban J connectivity index is 1.41. The largest absolute Gasteiger partial charge is 0.393 e. The predicted octanol–water partition coefficient (Wildman–Crippen LogP) is 3.88. The van der Waals surface area contributed by atoms with Gasteiger partial charge >= 0.3 is 0 Å². The molecule has 0 amide bonds. The fraction of sp³-hybridized carbons (Fsp3) is 0.400. The highest BCUT2D eigenvalue weighted by Gasteiger charge is 2.21. The fourth-order valence-corrected chi connectivity index (χ4v) is 4.45. The normalized spacial score (nSPS) is 20.0. The molecule has 0 unspecified atom stereocenters. The third-order valence-electron chi connectivity index (χ3n) is 6.17. The van der Waals surface area contributed by atoms with Crippen molar-refractivity contribution in [3.63, 3.8) is 0 Å². The van der Waals surface area contributed by atoms with Crippen LogP contribution in [0.15, 0.2) is 30.0 Å². The number of fused-ring (bicyclic) bond motifs is 1. The summed E-state index contributed by atoms with van der Waals surface area (Å²) in [4.78, 5) is 8.98. The quantitative estimate of drug-likeness (QED) is 0.623. The van der Waals surface area contributed by atoms with E-state index in [1.165, 1.54) is 22.3 Å². The summed E-state index contributed by atoms with van der Waals surface area (Å²) in [5, 5.41) is 25.7. The molecule has 0 bridgehead atoms. The molecule has 0 aliphatic heterocycles. The summed E-state index contributed by atoms with van der Waals surface area (Å²) in [6.45, 7) is 2.84. The minimum absolute atomic E-state index is 0.199. The molecule has 0 spiro atoms. The molecule has 0 radical (unpaired) electrons. The van der Waals surface area contributed by atoms with Crippen LogP contribution in [0.25, 0.3) is 5.57 Å². The van der Waals surface area contributed by atoms with Gasteiger partial charge in [0.05, 0.1) is 29.5 Å². The summed E-state index contributed by atoms with van der Waals surface area (Å²) in [7, 11) is 0. The number of hydrogen-bond acceptors (Lipinski definition) is 6. The summed E-state index contributed by atoms with van der Waals surface area (Å²) in [6, 6.07) is 8.42. The molecule has 6 nitrogen and oxygen atoms in total. The van der Waals surface area contributed by atoms with Gasteiger partial charge < -0.3 is 15.7 Å². The van der Waals surface area contributed by atoms with E-state index in [4.69, 9.17) is 6.42 Å². The Labute approximate surface area is 183 Å². The second kappa shape index (κ2) is 9.20. The number of anilines is 2. The molecule has 6 heteroatoms. The maximum absolute atomic E-state index is 9.72. The van der Waals surface area contributed by atoms with E-state index in [0.717, 1.165) is 38.5 Å². The van der Waals surface area contributed by atoms with Crippen LogP contribution in [-0.2, 0) is 6.42 Å². The van der Waals surface area contributed by atoms with Crippen molar-refractivity contribution in [3.8, 4) is 18.4 Å². The molecular weight excluding hydrogens is 386 g/mol. The molecule has 2 aromatic rings. The minimum atomic E-state index is -0.199. The topological polar surface area (TPSA) is 93.9 Å². The number of allylic oxidation sites excluding steroid dienone is 1. The Kier molecular flexibility index (Phi) is 6.21. The Hall–Kier alpha value is -3.35. The van der Waals surface area contributed by atoms with Gasteiger partial charge in [-0.15, -0.1) is 6.42 Å². The second-order valence-corrected chi connectivity index (χ2v) is 8.35. The third kappa shape index (κ3) is 4.71. The zero-order valence-corrected chi connectivity index (χ0v) is 17.8. The van der Waals surface area contributed by atoms with Crippen LogP contribution in [0.2, 0.25) is 0 Å². The van der Waals surface area contributed by atoms with Gasteiger partial charge in [-0.25, -0.2) is 4.98 Å². The number of aromatic nitrogens is 2. The number of nitrogens with zero attached hydrogens (tertiary/aromatic N) is 3. The number of rotatable bonds is 6. The Morgan fingerprint density at radius 2 is 2.06 bits per heavy atom. The van der Waals surface area contributed by atoms with Gasteiger partial charge in [0, 0.05) is 12.6 Å². The highest BCUT2D eigenvalue weighted by Crippen LogP contribution is 2.35. The average molecular weight is 414 g/mol. The molecule has 2 aliphatic rings. The second-order valence-electron chi connectivity index (χ2n) is 8.35. The fourth-order valence-electron chi connectivity index (χ4n) is 4.45. The molecule has 3 N–H and O–H groups in total. The van der Waals surface area contributed by atoms with Gasteiger partial charge in [0.1, 0.15) is 5.82 Å². The molecule has 158 valence electrons. The maximum Gasteiger partial charge on any atom is 0.224 e. The first-order chi connectivity index (χ1) is 15.1. The monoisotopic (exact) mass is 413 g/mol. The summed E-state index contributed by atoms with van der Waals surface area (Å²) in [5.41, 5.74) is 6.44. The number of aliphatic hydroxyl groups is 1. The molecule has 0 atom stereocenters. The molecule has 4 rings (SSSR count). The molecule has 1 aromatic carbocycles. The van der Waals surface area contributed by atoms with E-state index in [1.54, 1.807) is 6.20 Å². The molecule has 1 heterocycles. The zero-order valence-electron chi connectivity index (χ0n) is 17.8. The first kappa shape index (κ1) is 20.9. The predicted molar refractivity (Wildman–Crippen MR) is 122 cm³/mol. The molecule has 2 aliphatic carbocycles. The standard InChI is InChI=1S/C25H27N5O/c1-3-18-15-28-25(30-24(18)29-20-6-8-21(31)9-7-20)27-11-10-22-16(2)12-19-5-4-17(14-26)13-23(19)22/h1,4-5,13,15,20-21,31H,6-12H2,2H3,(H2,27,28,29,30). The van der Waals surface area contributed by atoms with Crippen LogP contribution in [0.4, 0.5) is 11.8 Å². The van der Waals surface area contributed by atoms with Crippen molar-refractivity contribution in [1.82, 2.24) is 9.97 Å². The number of nitrogens with one attached hydrogen (secondary N) is 2. The van der Waals surface area contributed by atoms with Gasteiger partial charge in [0.25, 0.3) is 0 Å². The Morgan fingerprint density at radius 1 is 1.26 bits per heavy atom. The van der Waals surface area contributed by atoms with Crippen molar-refractivity contribution in [1.29, 1.82) is 5.26 Å². The molecule has 31 heavy (non-hydrogen) atoms. The molecule has 1 fully saturated rings. The van der Waals surface area contributed by atoms with E-state index in [-0.39, 0.29) is 12.1 Å². The van der Waals surface area contributed by atoms with Crippen LogP contribution in [0, 0.1) is 23.7 Å². The van der Waals surface area contributed by atoms with E-state index in [9.17, 15) is 10.4 Å². The number of aliphatic hydroxyl groups excluding tert-OH is 1. The van der Waals surface area contributed by atoms with Gasteiger partial charge in [-0.1, -0.05) is 17.6 Å². The highest BCUT2D eigenvalue weighted by atomic mass is 16.3. The van der Waals surface area contributed by atoms with Crippen LogP contribution in [0.5, 0.6) is 0 Å². The maximum atomic E-state index is 9.72. The minimum Gasteiger partial charge on any atom is -0.393 e. The number of benzene rings is 1. The summed E-state index contributed by atoms with van der Waals surface area (Å²) >= 11 is 0. The van der Waals surface area contributed by atoms with Crippen LogP contribution in [0.3, 0.4) is 0 Å². The van der Waals surface area contributed by atoms with Crippen LogP contribution < -0.4 is 10.6 Å². The summed E-state index contributed by atoms with van der Waals surface area (Å²) in [6.07, 6.45) is 12.3. The van der Waals surface area contributed by atoms with E-state index in [2.05, 4.69) is 45.6 Å². The number of terminal acetylenes is 1. The van der Waals surface area contributed by atoms with Crippen molar-refractivity contribution >= 4 is 17.3 Å². The smallest absolute Gasteiger partial charge is 0.224 e. The van der Waals surface area contributed by atoms with E-state index in [0.29, 0.717) is 29.4 Å². The lowest BCUT2D eigenvalue weighted by atomic mass is 9.93. The Morgan fingerprint density at radius 3 is 2.81 bits per heavy atom. The van der Waals surface area contributed by atoms with Crippen molar-refractivity contribution in [2.45, 2.75) is 57.6 Å².